The van der Waals surface area contributed by atoms with Gasteiger partial charge in [0, 0.05) is 18.3 Å². The van der Waals surface area contributed by atoms with Crippen molar-refractivity contribution >= 4 is 16.7 Å². The summed E-state index contributed by atoms with van der Waals surface area (Å²) >= 11 is 0. The minimum absolute atomic E-state index is 0.0414. The average molecular weight is 428 g/mol. The largest absolute Gasteiger partial charge is 0.449 e. The number of pyridine rings is 1. The smallest absolute Gasteiger partial charge is 0.373 e. The molecule has 0 aliphatic carbocycles. The molecule has 3 aromatic rings. The number of nitrogens with one attached hydrogen (secondary N) is 2. The summed E-state index contributed by atoms with van der Waals surface area (Å²) in [6.07, 6.45) is -4.00. The van der Waals surface area contributed by atoms with Gasteiger partial charge in [0.15, 0.2) is 11.6 Å². The molecule has 158 valence electrons. The van der Waals surface area contributed by atoms with E-state index in [1.165, 1.54) is 7.05 Å². The van der Waals surface area contributed by atoms with Crippen molar-refractivity contribution in [1.29, 1.82) is 0 Å². The molecule has 30 heavy (non-hydrogen) atoms. The Kier molecular flexibility index (Phi) is 4.60. The minimum atomic E-state index is -4.76. The number of aromatic nitrogens is 3. The van der Waals surface area contributed by atoms with Gasteiger partial charge in [-0.05, 0) is 17.5 Å². The molecule has 1 aromatic carbocycles. The zero-order valence-electron chi connectivity index (χ0n) is 15.2. The average Bonchev–Trinajstić information content (AvgIpc) is 3.18. The molecule has 0 radical (unpaired) electrons. The number of hydrogen-bond donors (Lipinski definition) is 2. The Bertz CT molecular complexity index is 1220. The number of benzene rings is 1. The third-order valence-electron chi connectivity index (χ3n) is 4.90. The molecule has 1 atom stereocenters. The van der Waals surface area contributed by atoms with Crippen molar-refractivity contribution in [3.05, 3.63) is 63.1 Å². The quantitative estimate of drug-likeness (QED) is 0.615. The molecule has 2 aromatic heterocycles. The molecule has 1 amide bonds. The van der Waals surface area contributed by atoms with Crippen LogP contribution in [0, 0.1) is 11.6 Å². The van der Waals surface area contributed by atoms with E-state index in [-0.39, 0.29) is 29.7 Å². The molecule has 1 aliphatic rings. The lowest BCUT2D eigenvalue weighted by molar-refractivity contribution is -0.144. The highest BCUT2D eigenvalue weighted by atomic mass is 19.4. The van der Waals surface area contributed by atoms with Crippen LogP contribution < -0.4 is 5.56 Å². The third kappa shape index (κ3) is 3.22. The summed E-state index contributed by atoms with van der Waals surface area (Å²) in [4.78, 5) is 33.7. The Hall–Kier alpha value is -3.28. The summed E-state index contributed by atoms with van der Waals surface area (Å²) in [6.45, 7) is -0.115. The van der Waals surface area contributed by atoms with E-state index < -0.39 is 46.8 Å². The minimum Gasteiger partial charge on any atom is -0.373 e. The molecule has 3 heterocycles. The molecule has 7 nitrogen and oxygen atoms in total. The van der Waals surface area contributed by atoms with E-state index in [9.17, 15) is 31.5 Å². The van der Waals surface area contributed by atoms with E-state index >= 15 is 0 Å². The van der Waals surface area contributed by atoms with Gasteiger partial charge < -0.3 is 19.6 Å². The van der Waals surface area contributed by atoms with E-state index in [0.29, 0.717) is 5.56 Å². The SMILES string of the molecule is CN(C(=O)c1cnc(C(F)(F)F)[nH]1)[C@H]1COCc2[nH]c(=O)c3cc(F)c(F)cc3c21. The Morgan fingerprint density at radius 2 is 1.87 bits per heavy atom. The maximum atomic E-state index is 13.9. The van der Waals surface area contributed by atoms with Crippen LogP contribution in [0.5, 0.6) is 0 Å². The molecule has 0 unspecified atom stereocenters. The second kappa shape index (κ2) is 6.90. The zero-order chi connectivity index (χ0) is 21.8. The third-order valence-corrected chi connectivity index (χ3v) is 4.90. The Labute approximate surface area is 164 Å². The van der Waals surface area contributed by atoms with E-state index in [1.807, 2.05) is 4.98 Å². The van der Waals surface area contributed by atoms with Crippen molar-refractivity contribution in [3.63, 3.8) is 0 Å². The number of halogens is 5. The van der Waals surface area contributed by atoms with Crippen LogP contribution in [-0.2, 0) is 17.5 Å². The van der Waals surface area contributed by atoms with Crippen LogP contribution in [0.15, 0.2) is 23.1 Å². The summed E-state index contributed by atoms with van der Waals surface area (Å²) in [7, 11) is 1.32. The van der Waals surface area contributed by atoms with Crippen molar-refractivity contribution < 1.29 is 31.5 Å². The Morgan fingerprint density at radius 3 is 2.50 bits per heavy atom. The summed E-state index contributed by atoms with van der Waals surface area (Å²) in [5.74, 6) is -4.55. The van der Waals surface area contributed by atoms with E-state index in [2.05, 4.69) is 9.97 Å². The van der Waals surface area contributed by atoms with Gasteiger partial charge in [0.1, 0.15) is 5.69 Å². The number of aromatic amines is 2. The molecule has 4 rings (SSSR count). The van der Waals surface area contributed by atoms with Gasteiger partial charge >= 0.3 is 6.18 Å². The van der Waals surface area contributed by atoms with Crippen molar-refractivity contribution in [1.82, 2.24) is 19.9 Å². The molecule has 0 fully saturated rings. The van der Waals surface area contributed by atoms with Gasteiger partial charge in [-0.15, -0.1) is 0 Å². The molecule has 1 aliphatic heterocycles. The summed E-state index contributed by atoms with van der Waals surface area (Å²) in [6, 6.07) is 0.721. The van der Waals surface area contributed by atoms with Crippen LogP contribution in [0.4, 0.5) is 22.0 Å². The highest BCUT2D eigenvalue weighted by Gasteiger charge is 2.36. The molecule has 0 spiro atoms. The first-order chi connectivity index (χ1) is 14.1. The number of H-pyrrole nitrogens is 2. The highest BCUT2D eigenvalue weighted by molar-refractivity contribution is 5.93. The van der Waals surface area contributed by atoms with Gasteiger partial charge in [-0.2, -0.15) is 13.2 Å². The van der Waals surface area contributed by atoms with Gasteiger partial charge in [0.05, 0.1) is 30.8 Å². The van der Waals surface area contributed by atoms with Gasteiger partial charge in [-0.3, -0.25) is 9.59 Å². The van der Waals surface area contributed by atoms with Crippen LogP contribution in [0.3, 0.4) is 0 Å². The predicted molar refractivity (Wildman–Crippen MR) is 92.6 cm³/mol. The Morgan fingerprint density at radius 1 is 1.20 bits per heavy atom. The molecular formula is C18H13F5N4O3. The molecule has 12 heteroatoms. The second-order valence-electron chi connectivity index (χ2n) is 6.75. The van der Waals surface area contributed by atoms with Crippen LogP contribution in [0.2, 0.25) is 0 Å². The van der Waals surface area contributed by atoms with E-state index in [1.54, 1.807) is 0 Å². The van der Waals surface area contributed by atoms with Gasteiger partial charge in [-0.25, -0.2) is 13.8 Å². The van der Waals surface area contributed by atoms with Gasteiger partial charge in [0.2, 0.25) is 5.82 Å². The van der Waals surface area contributed by atoms with Crippen LogP contribution >= 0.6 is 0 Å². The number of rotatable bonds is 2. The molecule has 0 saturated heterocycles. The number of ether oxygens (including phenoxy) is 1. The number of amides is 1. The normalized spacial score (nSPS) is 16.5. The lowest BCUT2D eigenvalue weighted by Gasteiger charge is -2.33. The lowest BCUT2D eigenvalue weighted by atomic mass is 9.95. The fraction of sp³-hybridized carbons (Fsp3) is 0.278. The summed E-state index contributed by atoms with van der Waals surface area (Å²) < 4.78 is 71.2. The van der Waals surface area contributed by atoms with Crippen molar-refractivity contribution in [3.8, 4) is 0 Å². The number of carbonyl (C=O) groups excluding carboxylic acids is 1. The van der Waals surface area contributed by atoms with Gasteiger partial charge in [0.25, 0.3) is 11.5 Å². The molecule has 2 N–H and O–H groups in total. The fourth-order valence-corrected chi connectivity index (χ4v) is 3.45. The molecule has 0 bridgehead atoms. The number of imidazole rings is 1. The lowest BCUT2D eigenvalue weighted by Crippen LogP contribution is -2.37. The number of fused-ring (bicyclic) bond motifs is 3. The molecule has 0 saturated carbocycles. The number of alkyl halides is 3. The fourth-order valence-electron chi connectivity index (χ4n) is 3.45. The standard InChI is InChI=1S/C18H13F5N4O3/c1-27(16(29)11-4-24-17(26-11)18(21,22)23)13-6-30-5-12-14(13)7-2-9(19)10(20)3-8(7)15(28)25-12/h2-4,13H,5-6H2,1H3,(H,24,26)(H,25,28)/t13-/m0/s1. The summed E-state index contributed by atoms with van der Waals surface area (Å²) in [5, 5.41) is -0.0394. The maximum absolute atomic E-state index is 13.9. The van der Waals surface area contributed by atoms with E-state index in [0.717, 1.165) is 23.2 Å². The number of likely N-dealkylation sites (N-methyl/N-ethyl adjacent to an activating group) is 1. The first-order valence-electron chi connectivity index (χ1n) is 8.59. The predicted octanol–water partition coefficient (Wildman–Crippen LogP) is 2.89. The number of carbonyl (C=O) groups is 1. The van der Waals surface area contributed by atoms with Crippen molar-refractivity contribution in [2.75, 3.05) is 13.7 Å². The number of nitrogens with zero attached hydrogens (tertiary/aromatic N) is 2. The van der Waals surface area contributed by atoms with Crippen molar-refractivity contribution in [2.45, 2.75) is 18.8 Å². The maximum Gasteiger partial charge on any atom is 0.449 e. The first kappa shape index (κ1) is 20.0. The Balaban J connectivity index is 1.80. The van der Waals surface area contributed by atoms with Crippen molar-refractivity contribution in [2.24, 2.45) is 0 Å². The van der Waals surface area contributed by atoms with Gasteiger partial charge in [-0.1, -0.05) is 0 Å². The van der Waals surface area contributed by atoms with Crippen LogP contribution in [0.1, 0.15) is 33.6 Å². The number of hydrogen-bond acceptors (Lipinski definition) is 4. The molecular weight excluding hydrogens is 415 g/mol. The van der Waals surface area contributed by atoms with Crippen LogP contribution in [0.25, 0.3) is 10.8 Å². The monoisotopic (exact) mass is 428 g/mol. The summed E-state index contributed by atoms with van der Waals surface area (Å²) in [5.41, 5.74) is -0.497. The second-order valence-corrected chi connectivity index (χ2v) is 6.75. The topological polar surface area (TPSA) is 91.1 Å². The zero-order valence-corrected chi connectivity index (χ0v) is 15.2. The van der Waals surface area contributed by atoms with E-state index in [4.69, 9.17) is 4.74 Å². The highest BCUT2D eigenvalue weighted by Crippen LogP contribution is 2.34. The first-order valence-corrected chi connectivity index (χ1v) is 8.59. The van der Waals surface area contributed by atoms with Crippen LogP contribution in [-0.4, -0.2) is 39.4 Å².